The van der Waals surface area contributed by atoms with Crippen molar-refractivity contribution < 1.29 is 4.79 Å². The Labute approximate surface area is 125 Å². The van der Waals surface area contributed by atoms with Gasteiger partial charge in [-0.3, -0.25) is 4.79 Å². The fourth-order valence-corrected chi connectivity index (χ4v) is 2.97. The Morgan fingerprint density at radius 3 is 2.48 bits per heavy atom. The molecule has 1 atom stereocenters. The summed E-state index contributed by atoms with van der Waals surface area (Å²) in [4.78, 5) is 16.3. The molecule has 0 N–H and O–H groups in total. The van der Waals surface area contributed by atoms with Crippen LogP contribution in [0.15, 0.2) is 54.6 Å². The van der Waals surface area contributed by atoms with E-state index in [4.69, 9.17) is 0 Å². The monoisotopic (exact) mass is 280 g/mol. The largest absolute Gasteiger partial charge is 0.310 e. The van der Waals surface area contributed by atoms with E-state index in [0.29, 0.717) is 6.54 Å². The first-order chi connectivity index (χ1) is 10.2. The highest BCUT2D eigenvalue weighted by atomic mass is 16.2. The minimum Gasteiger partial charge on any atom is -0.310 e. The molecule has 21 heavy (non-hydrogen) atoms. The average Bonchev–Trinajstić information content (AvgIpc) is 2.87. The molecule has 0 saturated heterocycles. The van der Waals surface area contributed by atoms with Gasteiger partial charge in [0.05, 0.1) is 6.54 Å². The van der Waals surface area contributed by atoms with Gasteiger partial charge in [0.1, 0.15) is 0 Å². The van der Waals surface area contributed by atoms with Crippen molar-refractivity contribution >= 4 is 11.6 Å². The summed E-state index contributed by atoms with van der Waals surface area (Å²) in [5, 5.41) is 0. The third-order valence-corrected chi connectivity index (χ3v) is 3.92. The van der Waals surface area contributed by atoms with Crippen LogP contribution in [0.5, 0.6) is 0 Å². The number of hydrogen-bond donors (Lipinski definition) is 0. The van der Waals surface area contributed by atoms with E-state index in [1.165, 1.54) is 11.1 Å². The predicted molar refractivity (Wildman–Crippen MR) is 85.6 cm³/mol. The second-order valence-electron chi connectivity index (χ2n) is 5.76. The van der Waals surface area contributed by atoms with Crippen molar-refractivity contribution in [1.82, 2.24) is 4.90 Å². The number of rotatable bonds is 3. The van der Waals surface area contributed by atoms with Crippen LogP contribution >= 0.6 is 0 Å². The summed E-state index contributed by atoms with van der Waals surface area (Å²) in [6.45, 7) is 1.17. The van der Waals surface area contributed by atoms with E-state index in [2.05, 4.69) is 36.4 Å². The first-order valence-electron chi connectivity index (χ1n) is 7.26. The number of carbonyl (C=O) groups is 1. The number of hydrogen-bond acceptors (Lipinski definition) is 2. The SMILES string of the molecule is CN(C)CC(=O)N1CC(c2ccccc2)c2ccccc21. The molecule has 108 valence electrons. The van der Waals surface area contributed by atoms with Gasteiger partial charge in [-0.15, -0.1) is 0 Å². The van der Waals surface area contributed by atoms with E-state index in [1.54, 1.807) is 0 Å². The molecule has 3 heteroatoms. The fourth-order valence-electron chi connectivity index (χ4n) is 2.97. The smallest absolute Gasteiger partial charge is 0.241 e. The number of anilines is 1. The van der Waals surface area contributed by atoms with Gasteiger partial charge in [-0.05, 0) is 31.3 Å². The zero-order chi connectivity index (χ0) is 14.8. The number of likely N-dealkylation sites (N-methyl/N-ethyl adjacent to an activating group) is 1. The highest BCUT2D eigenvalue weighted by molar-refractivity contribution is 5.97. The van der Waals surface area contributed by atoms with E-state index in [9.17, 15) is 4.79 Å². The van der Waals surface area contributed by atoms with Gasteiger partial charge < -0.3 is 9.80 Å². The summed E-state index contributed by atoms with van der Waals surface area (Å²) in [6.07, 6.45) is 0. The average molecular weight is 280 g/mol. The highest BCUT2D eigenvalue weighted by Gasteiger charge is 2.32. The lowest BCUT2D eigenvalue weighted by molar-refractivity contribution is -0.119. The number of amides is 1. The highest BCUT2D eigenvalue weighted by Crippen LogP contribution is 2.39. The Morgan fingerprint density at radius 1 is 1.10 bits per heavy atom. The molecule has 1 aliphatic heterocycles. The van der Waals surface area contributed by atoms with Gasteiger partial charge in [0.2, 0.25) is 5.91 Å². The van der Waals surface area contributed by atoms with E-state index >= 15 is 0 Å². The van der Waals surface area contributed by atoms with Crippen molar-refractivity contribution in [2.75, 3.05) is 32.1 Å². The van der Waals surface area contributed by atoms with Crippen LogP contribution in [0, 0.1) is 0 Å². The molecule has 1 aliphatic rings. The van der Waals surface area contributed by atoms with Gasteiger partial charge in [-0.25, -0.2) is 0 Å². The maximum Gasteiger partial charge on any atom is 0.241 e. The molecular formula is C18H20N2O. The quantitative estimate of drug-likeness (QED) is 0.863. The summed E-state index contributed by atoms with van der Waals surface area (Å²) in [5.41, 5.74) is 3.57. The molecule has 0 spiro atoms. The number of carbonyl (C=O) groups excluding carboxylic acids is 1. The number of nitrogens with zero attached hydrogens (tertiary/aromatic N) is 2. The number of benzene rings is 2. The molecule has 0 radical (unpaired) electrons. The minimum absolute atomic E-state index is 0.158. The van der Waals surface area contributed by atoms with Crippen molar-refractivity contribution in [2.24, 2.45) is 0 Å². The van der Waals surface area contributed by atoms with Crippen molar-refractivity contribution in [3.05, 3.63) is 65.7 Å². The summed E-state index contributed by atoms with van der Waals surface area (Å²) in [7, 11) is 3.85. The van der Waals surface area contributed by atoms with Crippen LogP contribution < -0.4 is 4.90 Å². The molecule has 0 saturated carbocycles. The fraction of sp³-hybridized carbons (Fsp3) is 0.278. The first-order valence-corrected chi connectivity index (χ1v) is 7.26. The van der Waals surface area contributed by atoms with Gasteiger partial charge >= 0.3 is 0 Å². The summed E-state index contributed by atoms with van der Waals surface area (Å²) in [6, 6.07) is 18.7. The molecule has 0 aromatic heterocycles. The summed E-state index contributed by atoms with van der Waals surface area (Å²) in [5.74, 6) is 0.430. The van der Waals surface area contributed by atoms with E-state index < -0.39 is 0 Å². The summed E-state index contributed by atoms with van der Waals surface area (Å²) >= 11 is 0. The molecule has 1 unspecified atom stereocenters. The van der Waals surface area contributed by atoms with Crippen molar-refractivity contribution in [3.8, 4) is 0 Å². The Bertz CT molecular complexity index is 637. The zero-order valence-electron chi connectivity index (χ0n) is 12.5. The Balaban J connectivity index is 1.95. The zero-order valence-corrected chi connectivity index (χ0v) is 12.5. The second-order valence-corrected chi connectivity index (χ2v) is 5.76. The Morgan fingerprint density at radius 2 is 1.76 bits per heavy atom. The molecule has 0 aliphatic carbocycles. The maximum atomic E-state index is 12.5. The molecule has 1 amide bonds. The molecule has 0 fully saturated rings. The Hall–Kier alpha value is -2.13. The van der Waals surface area contributed by atoms with Crippen LogP contribution in [0.2, 0.25) is 0 Å². The van der Waals surface area contributed by atoms with Crippen LogP contribution in [0.25, 0.3) is 0 Å². The van der Waals surface area contributed by atoms with Gasteiger partial charge in [0.15, 0.2) is 0 Å². The normalized spacial score (nSPS) is 17.1. The van der Waals surface area contributed by atoms with Crippen molar-refractivity contribution in [3.63, 3.8) is 0 Å². The molecular weight excluding hydrogens is 260 g/mol. The van der Waals surface area contributed by atoms with Gasteiger partial charge in [-0.1, -0.05) is 48.5 Å². The van der Waals surface area contributed by atoms with Crippen LogP contribution in [-0.4, -0.2) is 38.0 Å². The molecule has 2 aromatic rings. The molecule has 3 nitrogen and oxygen atoms in total. The van der Waals surface area contributed by atoms with Gasteiger partial charge in [0.25, 0.3) is 0 Å². The lowest BCUT2D eigenvalue weighted by Crippen LogP contribution is -2.37. The lowest BCUT2D eigenvalue weighted by atomic mass is 9.93. The molecule has 2 aromatic carbocycles. The standard InChI is InChI=1S/C18H20N2O/c1-19(2)13-18(21)20-12-16(14-8-4-3-5-9-14)15-10-6-7-11-17(15)20/h3-11,16H,12-13H2,1-2H3. The number of para-hydroxylation sites is 1. The third-order valence-electron chi connectivity index (χ3n) is 3.92. The van der Waals surface area contributed by atoms with E-state index in [0.717, 1.165) is 12.2 Å². The minimum atomic E-state index is 0.158. The van der Waals surface area contributed by atoms with Crippen LogP contribution in [0.3, 0.4) is 0 Å². The Kier molecular flexibility index (Phi) is 3.76. The predicted octanol–water partition coefficient (Wildman–Crippen LogP) is 2.73. The van der Waals surface area contributed by atoms with Crippen molar-refractivity contribution in [1.29, 1.82) is 0 Å². The van der Waals surface area contributed by atoms with Crippen LogP contribution in [0.4, 0.5) is 5.69 Å². The lowest BCUT2D eigenvalue weighted by Gasteiger charge is -2.20. The van der Waals surface area contributed by atoms with Crippen LogP contribution in [0.1, 0.15) is 17.0 Å². The number of fused-ring (bicyclic) bond motifs is 1. The second kappa shape index (κ2) is 5.70. The topological polar surface area (TPSA) is 23.6 Å². The maximum absolute atomic E-state index is 12.5. The van der Waals surface area contributed by atoms with E-state index in [1.807, 2.05) is 42.1 Å². The van der Waals surface area contributed by atoms with E-state index in [-0.39, 0.29) is 11.8 Å². The molecule has 0 bridgehead atoms. The molecule has 3 rings (SSSR count). The third kappa shape index (κ3) is 2.69. The molecule has 1 heterocycles. The van der Waals surface area contributed by atoms with Gasteiger partial charge in [0, 0.05) is 18.2 Å². The van der Waals surface area contributed by atoms with Crippen LogP contribution in [-0.2, 0) is 4.79 Å². The van der Waals surface area contributed by atoms with Crippen molar-refractivity contribution in [2.45, 2.75) is 5.92 Å². The summed E-state index contributed by atoms with van der Waals surface area (Å²) < 4.78 is 0. The van der Waals surface area contributed by atoms with Gasteiger partial charge in [-0.2, -0.15) is 0 Å². The first kappa shape index (κ1) is 13.8.